The molecule has 0 aromatic heterocycles. The Morgan fingerprint density at radius 1 is 1.25 bits per heavy atom. The number of benzene rings is 1. The van der Waals surface area contributed by atoms with Crippen LogP contribution in [0.2, 0.25) is 10.0 Å². The monoisotopic (exact) mass is 449 g/mol. The van der Waals surface area contributed by atoms with Crippen LogP contribution in [-0.4, -0.2) is 54.2 Å². The Hall–Kier alpha value is -1.48. The number of unbranched alkanes of at least 4 members (excludes halogenated alkanes) is 1. The van der Waals surface area contributed by atoms with Crippen molar-refractivity contribution in [2.75, 3.05) is 20.6 Å². The molecular formula is C18H27Cl2N4O3S+. The van der Waals surface area contributed by atoms with Crippen LogP contribution in [0.3, 0.4) is 0 Å². The molecule has 0 saturated heterocycles. The van der Waals surface area contributed by atoms with Crippen molar-refractivity contribution in [3.63, 3.8) is 0 Å². The molecule has 0 aliphatic rings. The van der Waals surface area contributed by atoms with Crippen molar-refractivity contribution in [1.82, 2.24) is 9.62 Å². The summed E-state index contributed by atoms with van der Waals surface area (Å²) in [6.45, 7) is 5.54. The van der Waals surface area contributed by atoms with Gasteiger partial charge >= 0.3 is 18.1 Å². The number of imide groups is 1. The fraction of sp³-hybridized carbons (Fsp3) is 0.500. The Balaban J connectivity index is 3.23. The van der Waals surface area contributed by atoms with Crippen molar-refractivity contribution in [3.05, 3.63) is 28.2 Å². The van der Waals surface area contributed by atoms with Crippen LogP contribution in [0.15, 0.2) is 23.1 Å². The second-order valence-corrected chi connectivity index (χ2v) is 8.40. The number of hydrogen-bond donors (Lipinski definition) is 2. The van der Waals surface area contributed by atoms with E-state index in [9.17, 15) is 9.59 Å². The predicted octanol–water partition coefficient (Wildman–Crippen LogP) is 5.37. The molecule has 7 nitrogen and oxygen atoms in total. The van der Waals surface area contributed by atoms with Gasteiger partial charge in [0.05, 0.1) is 0 Å². The van der Waals surface area contributed by atoms with Crippen molar-refractivity contribution < 1.29 is 18.8 Å². The smallest absolute Gasteiger partial charge is 0.433 e. The van der Waals surface area contributed by atoms with Gasteiger partial charge in [0.2, 0.25) is 0 Å². The van der Waals surface area contributed by atoms with Gasteiger partial charge in [-0.1, -0.05) is 41.0 Å². The summed E-state index contributed by atoms with van der Waals surface area (Å²) >= 11 is 13.0. The van der Waals surface area contributed by atoms with Gasteiger partial charge in [0.15, 0.2) is 0 Å². The average Bonchev–Trinajstić information content (AvgIpc) is 2.58. The topological polar surface area (TPSA) is 82.5 Å². The van der Waals surface area contributed by atoms with Gasteiger partial charge in [0.1, 0.15) is 12.6 Å². The SMILES string of the molecule is CCCC[N+](C(=N)OC(C)C)(C(=O)NSc1cc(Cl)cc(Cl)c1)C(=O)N(C)C. The minimum absolute atomic E-state index is 0.113. The number of amides is 4. The highest BCUT2D eigenvalue weighted by Crippen LogP contribution is 2.26. The number of ether oxygens (including phenoxy) is 1. The molecule has 0 aliphatic heterocycles. The summed E-state index contributed by atoms with van der Waals surface area (Å²) in [5.74, 6) is 0. The van der Waals surface area contributed by atoms with Gasteiger partial charge in [-0.15, -0.1) is 0 Å². The van der Waals surface area contributed by atoms with Gasteiger partial charge in [-0.05, 0) is 50.4 Å². The van der Waals surface area contributed by atoms with E-state index in [0.29, 0.717) is 21.4 Å². The highest BCUT2D eigenvalue weighted by atomic mass is 35.5. The number of quaternary nitrogens is 1. The molecule has 0 spiro atoms. The Bertz CT molecular complexity index is 711. The molecule has 1 atom stereocenters. The number of amidine groups is 1. The van der Waals surface area contributed by atoms with E-state index in [1.807, 2.05) is 6.92 Å². The van der Waals surface area contributed by atoms with E-state index in [4.69, 9.17) is 33.3 Å². The number of nitrogens with one attached hydrogen (secondary N) is 2. The van der Waals surface area contributed by atoms with Gasteiger partial charge in [-0.25, -0.2) is 19.7 Å². The van der Waals surface area contributed by atoms with Crippen LogP contribution in [0.5, 0.6) is 0 Å². The molecule has 1 rings (SSSR count). The third-order valence-corrected chi connectivity index (χ3v) is 4.87. The third kappa shape index (κ3) is 6.27. The van der Waals surface area contributed by atoms with Crippen LogP contribution >= 0.6 is 35.1 Å². The highest BCUT2D eigenvalue weighted by Gasteiger charge is 2.53. The summed E-state index contributed by atoms with van der Waals surface area (Å²) in [5.41, 5.74) is 0. The maximum absolute atomic E-state index is 13.2. The van der Waals surface area contributed by atoms with Crippen LogP contribution in [0, 0.1) is 5.41 Å². The van der Waals surface area contributed by atoms with Crippen LogP contribution in [-0.2, 0) is 4.74 Å². The summed E-state index contributed by atoms with van der Waals surface area (Å²) in [5, 5.41) is 9.25. The number of nitrogens with zero attached hydrogens (tertiary/aromatic N) is 2. The number of carbonyl (C=O) groups is 2. The second-order valence-electron chi connectivity index (χ2n) is 6.65. The lowest BCUT2D eigenvalue weighted by molar-refractivity contribution is -0.688. The van der Waals surface area contributed by atoms with E-state index in [0.717, 1.165) is 18.4 Å². The molecule has 156 valence electrons. The molecule has 1 unspecified atom stereocenters. The van der Waals surface area contributed by atoms with Gasteiger partial charge in [-0.3, -0.25) is 4.90 Å². The van der Waals surface area contributed by atoms with Crippen molar-refractivity contribution in [3.8, 4) is 0 Å². The highest BCUT2D eigenvalue weighted by molar-refractivity contribution is 7.98. The molecule has 0 saturated carbocycles. The molecule has 10 heteroatoms. The van der Waals surface area contributed by atoms with Gasteiger partial charge in [0.25, 0.3) is 0 Å². The standard InChI is InChI=1S/C18H26Cl2N4O3S/c1-6-7-8-24(18(26)23(4)5,16(21)27-12(2)3)17(25)22-28-15-10-13(19)9-14(20)11-15/h9-12,21H,6-8H2,1-5H3/p+1. The molecule has 0 aliphatic carbocycles. The first-order chi connectivity index (χ1) is 13.0. The Labute approximate surface area is 180 Å². The molecule has 1 aromatic carbocycles. The Kier molecular flexibility index (Phi) is 9.56. The average molecular weight is 450 g/mol. The number of halogens is 2. The lowest BCUT2D eigenvalue weighted by Gasteiger charge is -2.33. The maximum Gasteiger partial charge on any atom is 0.445 e. The number of rotatable bonds is 6. The fourth-order valence-corrected chi connectivity index (χ4v) is 3.77. The quantitative estimate of drug-likeness (QED) is 0.264. The molecule has 2 N–H and O–H groups in total. The van der Waals surface area contributed by atoms with Crippen LogP contribution in [0.25, 0.3) is 0 Å². The normalized spacial score (nSPS) is 13.0. The minimum Gasteiger partial charge on any atom is -0.433 e. The summed E-state index contributed by atoms with van der Waals surface area (Å²) in [6.07, 6.45) is 0.957. The predicted molar refractivity (Wildman–Crippen MR) is 114 cm³/mol. The van der Waals surface area contributed by atoms with Gasteiger partial charge in [0, 0.05) is 29.0 Å². The Morgan fingerprint density at radius 3 is 2.29 bits per heavy atom. The van der Waals surface area contributed by atoms with Crippen molar-refractivity contribution >= 4 is 53.2 Å². The largest absolute Gasteiger partial charge is 0.445 e. The summed E-state index contributed by atoms with van der Waals surface area (Å²) in [6, 6.07) is 3.23. The molecule has 0 radical (unpaired) electrons. The fourth-order valence-electron chi connectivity index (χ4n) is 2.38. The summed E-state index contributed by atoms with van der Waals surface area (Å²) in [4.78, 5) is 28.1. The molecule has 0 fully saturated rings. The van der Waals surface area contributed by atoms with E-state index in [1.165, 1.54) is 4.90 Å². The maximum atomic E-state index is 13.2. The van der Waals surface area contributed by atoms with E-state index in [1.54, 1.807) is 46.1 Å². The van der Waals surface area contributed by atoms with Crippen LogP contribution < -0.4 is 4.72 Å². The zero-order chi connectivity index (χ0) is 21.5. The zero-order valence-electron chi connectivity index (χ0n) is 16.7. The first-order valence-electron chi connectivity index (χ1n) is 8.83. The van der Waals surface area contributed by atoms with E-state index < -0.39 is 22.6 Å². The molecule has 1 aromatic rings. The number of urea groups is 2. The van der Waals surface area contributed by atoms with Crippen LogP contribution in [0.4, 0.5) is 9.59 Å². The zero-order valence-corrected chi connectivity index (χ0v) is 19.0. The molecule has 0 heterocycles. The molecule has 28 heavy (non-hydrogen) atoms. The van der Waals surface area contributed by atoms with Gasteiger partial charge in [-0.2, -0.15) is 0 Å². The van der Waals surface area contributed by atoms with Crippen molar-refractivity contribution in [1.29, 1.82) is 5.41 Å². The van der Waals surface area contributed by atoms with Gasteiger partial charge < -0.3 is 4.74 Å². The van der Waals surface area contributed by atoms with Crippen molar-refractivity contribution in [2.24, 2.45) is 0 Å². The molecule has 0 bridgehead atoms. The number of carbonyl (C=O) groups excluding carboxylic acids is 2. The Morgan fingerprint density at radius 2 is 1.82 bits per heavy atom. The minimum atomic E-state index is -0.889. The first-order valence-corrected chi connectivity index (χ1v) is 10.4. The third-order valence-electron chi connectivity index (χ3n) is 3.69. The first kappa shape index (κ1) is 24.6. The van der Waals surface area contributed by atoms with Crippen LogP contribution in [0.1, 0.15) is 33.6 Å². The second kappa shape index (κ2) is 10.9. The van der Waals surface area contributed by atoms with E-state index >= 15 is 0 Å². The summed E-state index contributed by atoms with van der Waals surface area (Å²) in [7, 11) is 3.09. The van der Waals surface area contributed by atoms with E-state index in [2.05, 4.69) is 4.72 Å². The lowest BCUT2D eigenvalue weighted by atomic mass is 10.3. The summed E-state index contributed by atoms with van der Waals surface area (Å²) < 4.78 is 7.26. The van der Waals surface area contributed by atoms with E-state index in [-0.39, 0.29) is 12.6 Å². The lowest BCUT2D eigenvalue weighted by Crippen LogP contribution is -2.67. The van der Waals surface area contributed by atoms with Crippen molar-refractivity contribution in [2.45, 2.75) is 44.6 Å². The molecule has 4 amide bonds. The number of hydrogen-bond acceptors (Lipinski definition) is 5. The molecular weight excluding hydrogens is 423 g/mol.